The number of sulfonamides is 1. The summed E-state index contributed by atoms with van der Waals surface area (Å²) in [5, 5.41) is 7.59. The maximum atomic E-state index is 11.8. The highest BCUT2D eigenvalue weighted by molar-refractivity contribution is 7.89. The Labute approximate surface area is 129 Å². The van der Waals surface area contributed by atoms with Crippen molar-refractivity contribution in [1.82, 2.24) is 0 Å². The standard InChI is InChI=1S/C13H20N2O6S/c1-13(2,3)21-12(16)15-8-6-10(20-5)11(22(14,17)18)7-9(8)19-4/h6-7H,1-5H3,(H,15,16)(H2,14,17,18). The number of ether oxygens (including phenoxy) is 3. The van der Waals surface area contributed by atoms with Crippen molar-refractivity contribution in [3.63, 3.8) is 0 Å². The summed E-state index contributed by atoms with van der Waals surface area (Å²) in [5.41, 5.74) is -0.483. The molecule has 22 heavy (non-hydrogen) atoms. The minimum Gasteiger partial charge on any atom is -0.495 e. The number of primary sulfonamides is 1. The van der Waals surface area contributed by atoms with Crippen molar-refractivity contribution < 1.29 is 27.4 Å². The second-order valence-corrected chi connectivity index (χ2v) is 6.91. The average molecular weight is 332 g/mol. The summed E-state index contributed by atoms with van der Waals surface area (Å²) in [5.74, 6) is 0.0880. The highest BCUT2D eigenvalue weighted by Gasteiger charge is 2.22. The van der Waals surface area contributed by atoms with E-state index < -0.39 is 21.7 Å². The molecule has 1 rings (SSSR count). The molecule has 124 valence electrons. The Morgan fingerprint density at radius 3 is 2.09 bits per heavy atom. The predicted octanol–water partition coefficient (Wildman–Crippen LogP) is 1.70. The Balaban J connectivity index is 3.24. The summed E-state index contributed by atoms with van der Waals surface area (Å²) < 4.78 is 38.2. The van der Waals surface area contributed by atoms with Gasteiger partial charge in [0, 0.05) is 12.1 Å². The lowest BCUT2D eigenvalue weighted by Gasteiger charge is -2.20. The molecule has 0 aliphatic rings. The monoisotopic (exact) mass is 332 g/mol. The Morgan fingerprint density at radius 2 is 1.68 bits per heavy atom. The van der Waals surface area contributed by atoms with Crippen LogP contribution in [-0.2, 0) is 14.8 Å². The summed E-state index contributed by atoms with van der Waals surface area (Å²) in [6.07, 6.45) is -0.712. The molecule has 0 aliphatic carbocycles. The van der Waals surface area contributed by atoms with Crippen LogP contribution in [-0.4, -0.2) is 34.3 Å². The third kappa shape index (κ3) is 4.78. The predicted molar refractivity (Wildman–Crippen MR) is 80.8 cm³/mol. The molecule has 0 saturated heterocycles. The number of nitrogens with two attached hydrogens (primary N) is 1. The number of amides is 1. The fourth-order valence-electron chi connectivity index (χ4n) is 1.60. The van der Waals surface area contributed by atoms with Crippen LogP contribution in [0, 0.1) is 0 Å². The van der Waals surface area contributed by atoms with Crippen LogP contribution >= 0.6 is 0 Å². The molecule has 1 aromatic rings. The minimum atomic E-state index is -4.00. The molecule has 0 fully saturated rings. The topological polar surface area (TPSA) is 117 Å². The Kier molecular flexibility index (Phi) is 5.26. The number of nitrogens with one attached hydrogen (secondary N) is 1. The molecular formula is C13H20N2O6S. The molecular weight excluding hydrogens is 312 g/mol. The first kappa shape index (κ1) is 18.1. The zero-order chi connectivity index (χ0) is 17.1. The fraction of sp³-hybridized carbons (Fsp3) is 0.462. The molecule has 0 radical (unpaired) electrons. The van der Waals surface area contributed by atoms with E-state index in [2.05, 4.69) is 5.32 Å². The normalized spacial score (nSPS) is 11.7. The lowest BCUT2D eigenvalue weighted by Crippen LogP contribution is -2.27. The molecule has 0 heterocycles. The summed E-state index contributed by atoms with van der Waals surface area (Å²) in [6, 6.07) is 2.46. The first-order valence-electron chi connectivity index (χ1n) is 6.26. The van der Waals surface area contributed by atoms with E-state index in [4.69, 9.17) is 19.3 Å². The van der Waals surface area contributed by atoms with Crippen LogP contribution in [0.15, 0.2) is 17.0 Å². The lowest BCUT2D eigenvalue weighted by atomic mass is 10.2. The SMILES string of the molecule is COc1cc(S(N)(=O)=O)c(OC)cc1NC(=O)OC(C)(C)C. The van der Waals surface area contributed by atoms with E-state index in [1.807, 2.05) is 0 Å². The Morgan fingerprint density at radius 1 is 1.14 bits per heavy atom. The van der Waals surface area contributed by atoms with Gasteiger partial charge in [-0.05, 0) is 20.8 Å². The van der Waals surface area contributed by atoms with Gasteiger partial charge in [0.25, 0.3) is 0 Å². The van der Waals surface area contributed by atoms with Crippen molar-refractivity contribution in [2.75, 3.05) is 19.5 Å². The van der Waals surface area contributed by atoms with E-state index in [1.54, 1.807) is 20.8 Å². The number of carbonyl (C=O) groups is 1. The summed E-state index contributed by atoms with van der Waals surface area (Å²) >= 11 is 0. The molecule has 0 saturated carbocycles. The van der Waals surface area contributed by atoms with E-state index in [-0.39, 0.29) is 22.1 Å². The summed E-state index contributed by atoms with van der Waals surface area (Å²) in [4.78, 5) is 11.6. The molecule has 0 aromatic heterocycles. The van der Waals surface area contributed by atoms with Gasteiger partial charge < -0.3 is 14.2 Å². The van der Waals surface area contributed by atoms with E-state index >= 15 is 0 Å². The molecule has 9 heteroatoms. The average Bonchev–Trinajstić information content (AvgIpc) is 2.34. The molecule has 3 N–H and O–H groups in total. The number of benzene rings is 1. The van der Waals surface area contributed by atoms with Crippen molar-refractivity contribution >= 4 is 21.8 Å². The maximum absolute atomic E-state index is 11.8. The summed E-state index contributed by atoms with van der Waals surface area (Å²) in [7, 11) is -1.39. The van der Waals surface area contributed by atoms with Gasteiger partial charge in [-0.3, -0.25) is 5.32 Å². The third-order valence-electron chi connectivity index (χ3n) is 2.43. The lowest BCUT2D eigenvalue weighted by molar-refractivity contribution is 0.0635. The molecule has 0 bridgehead atoms. The highest BCUT2D eigenvalue weighted by Crippen LogP contribution is 2.35. The van der Waals surface area contributed by atoms with Gasteiger partial charge in [-0.2, -0.15) is 0 Å². The van der Waals surface area contributed by atoms with E-state index in [0.29, 0.717) is 0 Å². The minimum absolute atomic E-state index is 0.0191. The van der Waals surface area contributed by atoms with Gasteiger partial charge >= 0.3 is 6.09 Å². The fourth-order valence-corrected chi connectivity index (χ4v) is 2.30. The van der Waals surface area contributed by atoms with Gasteiger partial charge in [0.2, 0.25) is 10.0 Å². The van der Waals surface area contributed by atoms with Crippen LogP contribution in [0.5, 0.6) is 11.5 Å². The van der Waals surface area contributed by atoms with Crippen LogP contribution in [0.2, 0.25) is 0 Å². The zero-order valence-corrected chi connectivity index (χ0v) is 13.9. The quantitative estimate of drug-likeness (QED) is 0.866. The van der Waals surface area contributed by atoms with Gasteiger partial charge in [0.15, 0.2) is 0 Å². The molecule has 0 atom stereocenters. The first-order valence-corrected chi connectivity index (χ1v) is 7.81. The van der Waals surface area contributed by atoms with Crippen molar-refractivity contribution in [2.24, 2.45) is 5.14 Å². The van der Waals surface area contributed by atoms with Gasteiger partial charge in [0.1, 0.15) is 22.0 Å². The first-order chi connectivity index (χ1) is 9.97. The van der Waals surface area contributed by atoms with E-state index in [0.717, 1.165) is 0 Å². The van der Waals surface area contributed by atoms with Gasteiger partial charge in [-0.25, -0.2) is 18.4 Å². The third-order valence-corrected chi connectivity index (χ3v) is 3.36. The Bertz CT molecular complexity index is 664. The van der Waals surface area contributed by atoms with Crippen molar-refractivity contribution in [1.29, 1.82) is 0 Å². The van der Waals surface area contributed by atoms with Crippen LogP contribution in [0.4, 0.5) is 10.5 Å². The number of carbonyl (C=O) groups excluding carboxylic acids is 1. The van der Waals surface area contributed by atoms with Gasteiger partial charge in [0.05, 0.1) is 19.9 Å². The van der Waals surface area contributed by atoms with E-state index in [1.165, 1.54) is 26.4 Å². The van der Waals surface area contributed by atoms with Crippen LogP contribution in [0.25, 0.3) is 0 Å². The van der Waals surface area contributed by atoms with Crippen LogP contribution in [0.3, 0.4) is 0 Å². The molecule has 0 aliphatic heterocycles. The Hall–Kier alpha value is -2.00. The maximum Gasteiger partial charge on any atom is 0.412 e. The largest absolute Gasteiger partial charge is 0.495 e. The van der Waals surface area contributed by atoms with Crippen LogP contribution < -0.4 is 19.9 Å². The number of hydrogen-bond acceptors (Lipinski definition) is 6. The number of anilines is 1. The molecule has 0 unspecified atom stereocenters. The van der Waals surface area contributed by atoms with Gasteiger partial charge in [-0.15, -0.1) is 0 Å². The number of methoxy groups -OCH3 is 2. The van der Waals surface area contributed by atoms with Crippen molar-refractivity contribution in [2.45, 2.75) is 31.3 Å². The second kappa shape index (κ2) is 6.41. The number of hydrogen-bond donors (Lipinski definition) is 2. The smallest absolute Gasteiger partial charge is 0.412 e. The zero-order valence-electron chi connectivity index (χ0n) is 13.1. The van der Waals surface area contributed by atoms with Gasteiger partial charge in [-0.1, -0.05) is 0 Å². The van der Waals surface area contributed by atoms with Crippen LogP contribution in [0.1, 0.15) is 20.8 Å². The van der Waals surface area contributed by atoms with Crippen molar-refractivity contribution in [3.8, 4) is 11.5 Å². The highest BCUT2D eigenvalue weighted by atomic mass is 32.2. The van der Waals surface area contributed by atoms with Crippen molar-refractivity contribution in [3.05, 3.63) is 12.1 Å². The molecule has 1 aromatic carbocycles. The second-order valence-electron chi connectivity index (χ2n) is 5.38. The molecule has 0 spiro atoms. The van der Waals surface area contributed by atoms with E-state index in [9.17, 15) is 13.2 Å². The number of rotatable bonds is 4. The molecule has 8 nitrogen and oxygen atoms in total. The summed E-state index contributed by atoms with van der Waals surface area (Å²) in [6.45, 7) is 5.15. The molecule has 1 amide bonds.